The Bertz CT molecular complexity index is 620. The zero-order valence-electron chi connectivity index (χ0n) is 14.4. The number of methoxy groups -OCH3 is 1. The highest BCUT2D eigenvalue weighted by Gasteiger charge is 2.62. The molecule has 1 aliphatic carbocycles. The number of benzene rings is 1. The molecule has 1 aliphatic rings. The summed E-state index contributed by atoms with van der Waals surface area (Å²) >= 11 is 0. The number of anilines is 1. The van der Waals surface area contributed by atoms with Crippen molar-refractivity contribution < 1.29 is 19.1 Å². The lowest BCUT2D eigenvalue weighted by Gasteiger charge is -2.57. The third-order valence-electron chi connectivity index (χ3n) is 4.78. The molecule has 0 aromatic heterocycles. The van der Waals surface area contributed by atoms with E-state index in [9.17, 15) is 9.59 Å². The maximum atomic E-state index is 12.6. The van der Waals surface area contributed by atoms with Crippen LogP contribution in [0.25, 0.3) is 0 Å². The molecular formula is C17H25ClN2O4. The van der Waals surface area contributed by atoms with E-state index < -0.39 is 16.9 Å². The van der Waals surface area contributed by atoms with Crippen LogP contribution in [0.3, 0.4) is 0 Å². The smallest absolute Gasteiger partial charge is 0.337 e. The number of hydrogen-bond acceptors (Lipinski definition) is 5. The van der Waals surface area contributed by atoms with E-state index in [-0.39, 0.29) is 24.4 Å². The Morgan fingerprint density at radius 3 is 2.58 bits per heavy atom. The number of ether oxygens (including phenoxy) is 2. The van der Waals surface area contributed by atoms with E-state index in [2.05, 4.69) is 10.1 Å². The number of esters is 1. The van der Waals surface area contributed by atoms with Gasteiger partial charge in [0, 0.05) is 24.1 Å². The van der Waals surface area contributed by atoms with Crippen LogP contribution in [0.1, 0.15) is 37.6 Å². The highest BCUT2D eigenvalue weighted by Crippen LogP contribution is 2.50. The van der Waals surface area contributed by atoms with Gasteiger partial charge in [-0.1, -0.05) is 19.9 Å². The summed E-state index contributed by atoms with van der Waals surface area (Å²) in [4.78, 5) is 24.2. The molecule has 1 fully saturated rings. The van der Waals surface area contributed by atoms with E-state index in [1.165, 1.54) is 7.11 Å². The van der Waals surface area contributed by atoms with Crippen molar-refractivity contribution >= 4 is 30.0 Å². The average Bonchev–Trinajstić information content (AvgIpc) is 2.53. The number of carbonyl (C=O) groups excluding carboxylic acids is 2. The Labute approximate surface area is 148 Å². The van der Waals surface area contributed by atoms with E-state index in [0.29, 0.717) is 24.3 Å². The van der Waals surface area contributed by atoms with Crippen LogP contribution in [0.5, 0.6) is 0 Å². The normalized spacial score (nSPS) is 24.3. The predicted molar refractivity (Wildman–Crippen MR) is 94.4 cm³/mol. The first-order chi connectivity index (χ1) is 10.8. The van der Waals surface area contributed by atoms with Crippen molar-refractivity contribution in [3.63, 3.8) is 0 Å². The molecule has 24 heavy (non-hydrogen) atoms. The van der Waals surface area contributed by atoms with Crippen LogP contribution in [0, 0.1) is 5.41 Å². The largest absolute Gasteiger partial charge is 0.465 e. The third kappa shape index (κ3) is 3.41. The lowest BCUT2D eigenvalue weighted by molar-refractivity contribution is -0.166. The average molecular weight is 357 g/mol. The molecule has 1 saturated carbocycles. The molecule has 0 spiro atoms. The molecule has 0 bridgehead atoms. The van der Waals surface area contributed by atoms with Gasteiger partial charge in [-0.2, -0.15) is 0 Å². The lowest BCUT2D eigenvalue weighted by Crippen LogP contribution is -2.74. The lowest BCUT2D eigenvalue weighted by atomic mass is 9.54. The van der Waals surface area contributed by atoms with Gasteiger partial charge in [-0.25, -0.2) is 4.79 Å². The Hall–Kier alpha value is -1.63. The van der Waals surface area contributed by atoms with Crippen molar-refractivity contribution in [3.8, 4) is 0 Å². The number of halogens is 1. The van der Waals surface area contributed by atoms with E-state index in [4.69, 9.17) is 10.5 Å². The number of nitrogens with one attached hydrogen (secondary N) is 1. The summed E-state index contributed by atoms with van der Waals surface area (Å²) < 4.78 is 10.3. The topological polar surface area (TPSA) is 90.6 Å². The van der Waals surface area contributed by atoms with Crippen LogP contribution in [-0.4, -0.2) is 37.2 Å². The summed E-state index contributed by atoms with van der Waals surface area (Å²) in [6.45, 7) is 6.38. The monoisotopic (exact) mass is 356 g/mol. The van der Waals surface area contributed by atoms with Crippen molar-refractivity contribution in [2.75, 3.05) is 19.0 Å². The van der Waals surface area contributed by atoms with Crippen molar-refractivity contribution in [2.24, 2.45) is 11.1 Å². The first-order valence-electron chi connectivity index (χ1n) is 7.66. The van der Waals surface area contributed by atoms with Gasteiger partial charge in [-0.05, 0) is 25.1 Å². The van der Waals surface area contributed by atoms with Gasteiger partial charge in [-0.15, -0.1) is 12.4 Å². The Balaban J connectivity index is 0.00000288. The maximum Gasteiger partial charge on any atom is 0.337 e. The number of carbonyl (C=O) groups is 2. The molecule has 0 heterocycles. The SMILES string of the molecule is CCOC1CC(N)(C(=O)Nc2cccc(C(=O)OC)c2)C1(C)C.Cl. The zero-order valence-corrected chi connectivity index (χ0v) is 15.2. The number of rotatable bonds is 5. The second-order valence-corrected chi connectivity index (χ2v) is 6.37. The quantitative estimate of drug-likeness (QED) is 0.790. The summed E-state index contributed by atoms with van der Waals surface area (Å²) in [6.07, 6.45) is 0.431. The van der Waals surface area contributed by atoms with Gasteiger partial charge in [0.1, 0.15) is 5.54 Å². The van der Waals surface area contributed by atoms with E-state index in [1.54, 1.807) is 24.3 Å². The fourth-order valence-corrected chi connectivity index (χ4v) is 2.90. The second-order valence-electron chi connectivity index (χ2n) is 6.37. The molecule has 2 atom stereocenters. The highest BCUT2D eigenvalue weighted by atomic mass is 35.5. The fraction of sp³-hybridized carbons (Fsp3) is 0.529. The molecule has 1 aromatic carbocycles. The van der Waals surface area contributed by atoms with Crippen molar-refractivity contribution in [1.82, 2.24) is 0 Å². The predicted octanol–water partition coefficient (Wildman–Crippen LogP) is 2.37. The van der Waals surface area contributed by atoms with E-state index >= 15 is 0 Å². The molecule has 7 heteroatoms. The van der Waals surface area contributed by atoms with E-state index in [1.807, 2.05) is 20.8 Å². The van der Waals surface area contributed by atoms with Crippen molar-refractivity contribution in [3.05, 3.63) is 29.8 Å². The van der Waals surface area contributed by atoms with Crippen LogP contribution in [0.15, 0.2) is 24.3 Å². The molecule has 2 unspecified atom stereocenters. The van der Waals surface area contributed by atoms with Gasteiger partial charge in [0.2, 0.25) is 5.91 Å². The summed E-state index contributed by atoms with van der Waals surface area (Å²) in [5.74, 6) is -0.732. The Kier molecular flexibility index (Phi) is 6.38. The molecule has 134 valence electrons. The molecular weight excluding hydrogens is 332 g/mol. The zero-order chi connectivity index (χ0) is 17.3. The summed E-state index contributed by atoms with van der Waals surface area (Å²) in [5.41, 5.74) is 5.75. The summed E-state index contributed by atoms with van der Waals surface area (Å²) in [5, 5.41) is 2.79. The first kappa shape index (κ1) is 20.4. The van der Waals surface area contributed by atoms with Crippen LogP contribution < -0.4 is 11.1 Å². The highest BCUT2D eigenvalue weighted by molar-refractivity contribution is 6.00. The fourth-order valence-electron chi connectivity index (χ4n) is 2.90. The number of nitrogens with two attached hydrogens (primary N) is 1. The van der Waals surface area contributed by atoms with Crippen molar-refractivity contribution in [2.45, 2.75) is 38.8 Å². The third-order valence-corrected chi connectivity index (χ3v) is 4.78. The molecule has 1 aromatic rings. The minimum absolute atomic E-state index is 0. The van der Waals surface area contributed by atoms with Gasteiger partial charge < -0.3 is 20.5 Å². The Morgan fingerprint density at radius 2 is 2.04 bits per heavy atom. The van der Waals surface area contributed by atoms with E-state index in [0.717, 1.165) is 0 Å². The summed E-state index contributed by atoms with van der Waals surface area (Å²) in [7, 11) is 1.31. The molecule has 2 rings (SSSR count). The van der Waals surface area contributed by atoms with Crippen LogP contribution in [0.2, 0.25) is 0 Å². The van der Waals surface area contributed by atoms with Crippen LogP contribution in [-0.2, 0) is 14.3 Å². The second kappa shape index (κ2) is 7.51. The van der Waals surface area contributed by atoms with Gasteiger partial charge >= 0.3 is 5.97 Å². The van der Waals surface area contributed by atoms with Crippen LogP contribution >= 0.6 is 12.4 Å². The number of hydrogen-bond donors (Lipinski definition) is 2. The molecule has 0 saturated heterocycles. The molecule has 3 N–H and O–H groups in total. The standard InChI is InChI=1S/C17H24N2O4.ClH/c1-5-23-13-10-17(18,16(13,2)3)15(21)19-12-8-6-7-11(9-12)14(20)22-4;/h6-9,13H,5,10,18H2,1-4H3,(H,19,21);1H. The summed E-state index contributed by atoms with van der Waals surface area (Å²) in [6, 6.07) is 6.58. The number of amides is 1. The Morgan fingerprint density at radius 1 is 1.38 bits per heavy atom. The molecule has 0 radical (unpaired) electrons. The van der Waals surface area contributed by atoms with Crippen molar-refractivity contribution in [1.29, 1.82) is 0 Å². The molecule has 1 amide bonds. The van der Waals surface area contributed by atoms with Gasteiger partial charge in [0.25, 0.3) is 0 Å². The molecule has 6 nitrogen and oxygen atoms in total. The van der Waals surface area contributed by atoms with Gasteiger partial charge in [0.15, 0.2) is 0 Å². The molecule has 0 aliphatic heterocycles. The first-order valence-corrected chi connectivity index (χ1v) is 7.66. The van der Waals surface area contributed by atoms with Crippen LogP contribution in [0.4, 0.5) is 5.69 Å². The maximum absolute atomic E-state index is 12.6. The van der Waals surface area contributed by atoms with Gasteiger partial charge in [-0.3, -0.25) is 4.79 Å². The minimum Gasteiger partial charge on any atom is -0.465 e. The minimum atomic E-state index is -1.01. The van der Waals surface area contributed by atoms with Gasteiger partial charge in [0.05, 0.1) is 18.8 Å².